The SMILES string of the molecule is CCCN(CCC(C)C)c1ccc(C(=O)N=C(N)c2cc(Cc3cc(F)cc(F)c3)c(-c3ccc(O)cc3C)cc2N)cc1. The van der Waals surface area contributed by atoms with E-state index in [1.807, 2.05) is 19.1 Å². The molecule has 0 atom stereocenters. The van der Waals surface area contributed by atoms with Crippen molar-refractivity contribution in [1.82, 2.24) is 0 Å². The molecule has 4 aromatic carbocycles. The van der Waals surface area contributed by atoms with E-state index in [4.69, 9.17) is 11.5 Å². The summed E-state index contributed by atoms with van der Waals surface area (Å²) in [6.07, 6.45) is 2.25. The van der Waals surface area contributed by atoms with Crippen LogP contribution in [0, 0.1) is 24.5 Å². The molecule has 0 bridgehead atoms. The number of phenols is 1. The molecule has 1 amide bonds. The fourth-order valence-electron chi connectivity index (χ4n) is 5.27. The summed E-state index contributed by atoms with van der Waals surface area (Å²) in [5, 5.41) is 9.93. The lowest BCUT2D eigenvalue weighted by Crippen LogP contribution is -2.26. The van der Waals surface area contributed by atoms with Crippen LogP contribution in [0.1, 0.15) is 66.2 Å². The van der Waals surface area contributed by atoms with Crippen molar-refractivity contribution in [2.45, 2.75) is 47.0 Å². The van der Waals surface area contributed by atoms with Gasteiger partial charge in [0.1, 0.15) is 23.2 Å². The molecule has 230 valence electrons. The lowest BCUT2D eigenvalue weighted by molar-refractivity contribution is 0.100. The number of phenolic OH excluding ortho intramolecular Hbond substituents is 1. The molecule has 0 radical (unpaired) electrons. The van der Waals surface area contributed by atoms with Crippen LogP contribution in [0.2, 0.25) is 0 Å². The van der Waals surface area contributed by atoms with E-state index in [0.29, 0.717) is 33.7 Å². The minimum atomic E-state index is -0.687. The van der Waals surface area contributed by atoms with Crippen LogP contribution in [0.25, 0.3) is 11.1 Å². The summed E-state index contributed by atoms with van der Waals surface area (Å²) in [4.78, 5) is 19.6. The van der Waals surface area contributed by atoms with Crippen molar-refractivity contribution in [2.24, 2.45) is 16.6 Å². The maximum absolute atomic E-state index is 14.0. The van der Waals surface area contributed by atoms with Gasteiger partial charge in [0.2, 0.25) is 0 Å². The first kappa shape index (κ1) is 32.2. The van der Waals surface area contributed by atoms with Crippen molar-refractivity contribution in [3.05, 3.63) is 112 Å². The van der Waals surface area contributed by atoms with E-state index in [-0.39, 0.29) is 23.7 Å². The van der Waals surface area contributed by atoms with E-state index in [2.05, 4.69) is 30.7 Å². The van der Waals surface area contributed by atoms with Gasteiger partial charge in [-0.25, -0.2) is 8.78 Å². The number of amidine groups is 1. The molecule has 0 fully saturated rings. The van der Waals surface area contributed by atoms with Crippen molar-refractivity contribution >= 4 is 23.1 Å². The number of aliphatic imine (C=N–C) groups is 1. The highest BCUT2D eigenvalue weighted by molar-refractivity contribution is 6.11. The van der Waals surface area contributed by atoms with Gasteiger partial charge in [0.05, 0.1) is 0 Å². The summed E-state index contributed by atoms with van der Waals surface area (Å²) in [7, 11) is 0. The average molecular weight is 599 g/mol. The summed E-state index contributed by atoms with van der Waals surface area (Å²) in [6.45, 7) is 10.3. The monoisotopic (exact) mass is 598 g/mol. The highest BCUT2D eigenvalue weighted by atomic mass is 19.1. The van der Waals surface area contributed by atoms with Crippen LogP contribution >= 0.6 is 0 Å². The molecular weight excluding hydrogens is 558 g/mol. The Morgan fingerprint density at radius 3 is 2.23 bits per heavy atom. The zero-order valence-electron chi connectivity index (χ0n) is 25.7. The molecule has 6 nitrogen and oxygen atoms in total. The van der Waals surface area contributed by atoms with Crippen molar-refractivity contribution in [3.63, 3.8) is 0 Å². The predicted octanol–water partition coefficient (Wildman–Crippen LogP) is 7.63. The lowest BCUT2D eigenvalue weighted by Gasteiger charge is -2.25. The van der Waals surface area contributed by atoms with Crippen molar-refractivity contribution in [2.75, 3.05) is 23.7 Å². The van der Waals surface area contributed by atoms with Gasteiger partial charge in [-0.1, -0.05) is 26.8 Å². The molecule has 0 aromatic heterocycles. The first-order valence-electron chi connectivity index (χ1n) is 14.9. The summed E-state index contributed by atoms with van der Waals surface area (Å²) < 4.78 is 28.1. The van der Waals surface area contributed by atoms with Crippen LogP contribution in [-0.2, 0) is 6.42 Å². The Bertz CT molecular complexity index is 1650. The van der Waals surface area contributed by atoms with E-state index in [0.717, 1.165) is 48.8 Å². The molecule has 0 spiro atoms. The van der Waals surface area contributed by atoms with Gasteiger partial charge < -0.3 is 21.5 Å². The number of carbonyl (C=O) groups is 1. The number of hydrogen-bond acceptors (Lipinski definition) is 4. The molecule has 0 aliphatic carbocycles. The second-order valence-corrected chi connectivity index (χ2v) is 11.6. The van der Waals surface area contributed by atoms with E-state index < -0.39 is 17.5 Å². The fourth-order valence-corrected chi connectivity index (χ4v) is 5.27. The number of hydrogen-bond donors (Lipinski definition) is 3. The number of benzene rings is 4. The summed E-state index contributed by atoms with van der Waals surface area (Å²) in [5.74, 6) is -1.25. The van der Waals surface area contributed by atoms with Gasteiger partial charge in [0, 0.05) is 41.7 Å². The smallest absolute Gasteiger partial charge is 0.278 e. The van der Waals surface area contributed by atoms with E-state index in [9.17, 15) is 18.7 Å². The Morgan fingerprint density at radius 2 is 1.61 bits per heavy atom. The highest BCUT2D eigenvalue weighted by Gasteiger charge is 2.17. The largest absolute Gasteiger partial charge is 0.508 e. The minimum absolute atomic E-state index is 0.0678. The molecule has 4 rings (SSSR count). The topological polar surface area (TPSA) is 105 Å². The van der Waals surface area contributed by atoms with Gasteiger partial charge in [0.25, 0.3) is 5.91 Å². The first-order valence-corrected chi connectivity index (χ1v) is 14.9. The Labute approximate surface area is 258 Å². The Kier molecular flexibility index (Phi) is 10.4. The normalized spacial score (nSPS) is 11.7. The number of aryl methyl sites for hydroxylation is 1. The van der Waals surface area contributed by atoms with Crippen molar-refractivity contribution in [3.8, 4) is 16.9 Å². The van der Waals surface area contributed by atoms with Crippen LogP contribution in [0.5, 0.6) is 5.75 Å². The van der Waals surface area contributed by atoms with Gasteiger partial charge in [-0.15, -0.1) is 0 Å². The number of halogens is 2. The minimum Gasteiger partial charge on any atom is -0.508 e. The zero-order valence-corrected chi connectivity index (χ0v) is 25.7. The fraction of sp³-hybridized carbons (Fsp3) is 0.278. The van der Waals surface area contributed by atoms with Crippen LogP contribution < -0.4 is 16.4 Å². The van der Waals surface area contributed by atoms with Crippen LogP contribution in [0.15, 0.2) is 77.8 Å². The number of aromatic hydroxyl groups is 1. The lowest BCUT2D eigenvalue weighted by atomic mass is 9.90. The molecule has 0 aliphatic rings. The number of anilines is 2. The molecule has 4 aromatic rings. The van der Waals surface area contributed by atoms with Gasteiger partial charge in [0.15, 0.2) is 0 Å². The predicted molar refractivity (Wildman–Crippen MR) is 175 cm³/mol. The second-order valence-electron chi connectivity index (χ2n) is 11.6. The van der Waals surface area contributed by atoms with Crippen LogP contribution in [0.3, 0.4) is 0 Å². The molecule has 0 unspecified atom stereocenters. The number of nitrogen functional groups attached to an aromatic ring is 1. The summed E-state index contributed by atoms with van der Waals surface area (Å²) in [5.41, 5.74) is 18.2. The number of rotatable bonds is 11. The summed E-state index contributed by atoms with van der Waals surface area (Å²) in [6, 6.07) is 19.0. The Balaban J connectivity index is 1.68. The Morgan fingerprint density at radius 1 is 0.932 bits per heavy atom. The zero-order chi connectivity index (χ0) is 32.0. The first-order chi connectivity index (χ1) is 20.9. The van der Waals surface area contributed by atoms with Gasteiger partial charge in [-0.3, -0.25) is 4.79 Å². The van der Waals surface area contributed by atoms with E-state index in [1.165, 1.54) is 12.1 Å². The average Bonchev–Trinajstić information content (AvgIpc) is 2.95. The summed E-state index contributed by atoms with van der Waals surface area (Å²) >= 11 is 0. The molecule has 0 heterocycles. The third-order valence-corrected chi connectivity index (χ3v) is 7.54. The third kappa shape index (κ3) is 8.01. The standard InChI is InChI=1S/C36H40F2N4O2/c1-5-13-42(14-12-22(2)3)29-8-6-25(7-9-29)36(44)41-35(40)33-19-26(16-24-17-27(37)20-28(38)18-24)32(21-34(33)39)31-11-10-30(43)15-23(31)4/h6-11,15,17-22,43H,5,12-14,16,39H2,1-4H3,(H2,40,41,44). The number of carbonyl (C=O) groups excluding carboxylic acids is 1. The maximum atomic E-state index is 14.0. The van der Waals surface area contributed by atoms with E-state index in [1.54, 1.807) is 42.5 Å². The molecule has 0 saturated heterocycles. The van der Waals surface area contributed by atoms with Gasteiger partial charge in [-0.2, -0.15) is 4.99 Å². The van der Waals surface area contributed by atoms with Gasteiger partial charge in [-0.05, 0) is 121 Å². The quantitative estimate of drug-likeness (QED) is 0.0936. The second kappa shape index (κ2) is 14.2. The van der Waals surface area contributed by atoms with Crippen LogP contribution in [0.4, 0.5) is 20.2 Å². The van der Waals surface area contributed by atoms with Crippen molar-refractivity contribution < 1.29 is 18.7 Å². The number of nitrogens with two attached hydrogens (primary N) is 2. The molecule has 44 heavy (non-hydrogen) atoms. The maximum Gasteiger partial charge on any atom is 0.278 e. The molecule has 0 aliphatic heterocycles. The van der Waals surface area contributed by atoms with Crippen molar-refractivity contribution in [1.29, 1.82) is 0 Å². The highest BCUT2D eigenvalue weighted by Crippen LogP contribution is 2.34. The van der Waals surface area contributed by atoms with Gasteiger partial charge >= 0.3 is 0 Å². The van der Waals surface area contributed by atoms with Crippen LogP contribution in [-0.4, -0.2) is 29.9 Å². The third-order valence-electron chi connectivity index (χ3n) is 7.54. The number of amides is 1. The Hall–Kier alpha value is -4.72. The molecular formula is C36H40F2N4O2. The molecule has 5 N–H and O–H groups in total. The van der Waals surface area contributed by atoms with E-state index >= 15 is 0 Å². The molecule has 8 heteroatoms. The number of nitrogens with zero attached hydrogens (tertiary/aromatic N) is 2. The molecule has 0 saturated carbocycles.